The van der Waals surface area contributed by atoms with E-state index in [0.717, 1.165) is 6.33 Å². The molecule has 0 aliphatic heterocycles. The summed E-state index contributed by atoms with van der Waals surface area (Å²) in [4.78, 5) is 34.9. The molecule has 14 heteroatoms. The monoisotopic (exact) mass is 486 g/mol. The summed E-state index contributed by atoms with van der Waals surface area (Å²) in [5, 5.41) is 14.5. The lowest BCUT2D eigenvalue weighted by Gasteiger charge is -2.18. The van der Waals surface area contributed by atoms with Crippen molar-refractivity contribution >= 4 is 38.9 Å². The standard InChI is InChI=1S/C20H22N8O5S/c1-3-27(4-2)34(32,33)15-10-8-14(9-11-15)24-18-17(28(30)31)19(23-13-22-18)25-26-20(29)16-7-5-6-12-21-16/h5-13H,3-4H2,1-2H3,(H,26,29)(H2,22,23,24,25). The van der Waals surface area contributed by atoms with E-state index in [1.807, 2.05) is 0 Å². The van der Waals surface area contributed by atoms with E-state index in [2.05, 4.69) is 31.1 Å². The number of pyridine rings is 1. The maximum absolute atomic E-state index is 12.6. The van der Waals surface area contributed by atoms with Gasteiger partial charge in [-0.1, -0.05) is 19.9 Å². The molecule has 0 saturated heterocycles. The molecule has 0 spiro atoms. The molecule has 3 N–H and O–H groups in total. The third-order valence-corrected chi connectivity index (χ3v) is 6.72. The van der Waals surface area contributed by atoms with Gasteiger partial charge in [-0.25, -0.2) is 18.4 Å². The highest BCUT2D eigenvalue weighted by atomic mass is 32.2. The van der Waals surface area contributed by atoms with Crippen molar-refractivity contribution in [3.05, 3.63) is 70.8 Å². The number of nitro groups is 1. The zero-order chi connectivity index (χ0) is 24.7. The highest BCUT2D eigenvalue weighted by Crippen LogP contribution is 2.31. The van der Waals surface area contributed by atoms with Crippen LogP contribution in [0.3, 0.4) is 0 Å². The van der Waals surface area contributed by atoms with E-state index < -0.39 is 26.5 Å². The molecule has 3 aromatic rings. The Hall–Kier alpha value is -4.17. The minimum absolute atomic E-state index is 0.0959. The molecule has 34 heavy (non-hydrogen) atoms. The van der Waals surface area contributed by atoms with Crippen molar-refractivity contribution in [1.82, 2.24) is 24.7 Å². The van der Waals surface area contributed by atoms with Crippen LogP contribution in [0.2, 0.25) is 0 Å². The summed E-state index contributed by atoms with van der Waals surface area (Å²) in [7, 11) is -3.64. The number of benzene rings is 1. The van der Waals surface area contributed by atoms with Gasteiger partial charge in [-0.3, -0.25) is 30.7 Å². The number of carbonyl (C=O) groups excluding carboxylic acids is 1. The number of hydrogen-bond donors (Lipinski definition) is 3. The molecular formula is C20H22N8O5S. The number of rotatable bonds is 10. The minimum Gasteiger partial charge on any atom is -0.334 e. The Labute approximate surface area is 195 Å². The Morgan fingerprint density at radius 1 is 1.03 bits per heavy atom. The number of nitrogens with zero attached hydrogens (tertiary/aromatic N) is 5. The van der Waals surface area contributed by atoms with Gasteiger partial charge in [-0.2, -0.15) is 4.31 Å². The second-order valence-electron chi connectivity index (χ2n) is 6.71. The van der Waals surface area contributed by atoms with E-state index in [1.54, 1.807) is 26.0 Å². The first-order valence-electron chi connectivity index (χ1n) is 10.1. The summed E-state index contributed by atoms with van der Waals surface area (Å²) in [6.45, 7) is 4.16. The van der Waals surface area contributed by atoms with Gasteiger partial charge in [0.05, 0.1) is 9.82 Å². The predicted molar refractivity (Wildman–Crippen MR) is 124 cm³/mol. The number of hydrogen-bond acceptors (Lipinski definition) is 10. The van der Waals surface area contributed by atoms with E-state index >= 15 is 0 Å². The van der Waals surface area contributed by atoms with Crippen LogP contribution in [0.5, 0.6) is 0 Å². The summed E-state index contributed by atoms with van der Waals surface area (Å²) in [5.41, 5.74) is 4.66. The maximum atomic E-state index is 12.6. The first kappa shape index (κ1) is 24.5. The molecule has 0 aliphatic rings. The lowest BCUT2D eigenvalue weighted by molar-refractivity contribution is -0.383. The van der Waals surface area contributed by atoms with Crippen molar-refractivity contribution in [2.24, 2.45) is 0 Å². The summed E-state index contributed by atoms with van der Waals surface area (Å²) < 4.78 is 26.6. The number of carbonyl (C=O) groups is 1. The van der Waals surface area contributed by atoms with Gasteiger partial charge >= 0.3 is 5.69 Å². The number of anilines is 3. The van der Waals surface area contributed by atoms with Crippen molar-refractivity contribution in [3.8, 4) is 0 Å². The molecule has 0 aliphatic carbocycles. The Morgan fingerprint density at radius 3 is 2.29 bits per heavy atom. The second-order valence-corrected chi connectivity index (χ2v) is 8.65. The minimum atomic E-state index is -3.64. The Bertz CT molecular complexity index is 1270. The van der Waals surface area contributed by atoms with Gasteiger partial charge < -0.3 is 5.32 Å². The van der Waals surface area contributed by atoms with Gasteiger partial charge in [0.25, 0.3) is 5.91 Å². The van der Waals surface area contributed by atoms with Gasteiger partial charge in [-0.15, -0.1) is 0 Å². The van der Waals surface area contributed by atoms with E-state index in [1.165, 1.54) is 40.8 Å². The highest BCUT2D eigenvalue weighted by Gasteiger charge is 2.25. The number of sulfonamides is 1. The first-order valence-corrected chi connectivity index (χ1v) is 11.6. The van der Waals surface area contributed by atoms with Crippen LogP contribution in [0.1, 0.15) is 24.3 Å². The molecule has 13 nitrogen and oxygen atoms in total. The summed E-state index contributed by atoms with van der Waals surface area (Å²) in [5.74, 6) is -1.03. The van der Waals surface area contributed by atoms with Crippen molar-refractivity contribution in [2.45, 2.75) is 18.7 Å². The van der Waals surface area contributed by atoms with E-state index in [0.29, 0.717) is 18.8 Å². The van der Waals surface area contributed by atoms with Crippen LogP contribution in [0, 0.1) is 10.1 Å². The normalized spacial score (nSPS) is 11.1. The molecule has 2 heterocycles. The summed E-state index contributed by atoms with van der Waals surface area (Å²) >= 11 is 0. The molecule has 1 aromatic carbocycles. The Morgan fingerprint density at radius 2 is 1.71 bits per heavy atom. The molecule has 2 aromatic heterocycles. The van der Waals surface area contributed by atoms with Gasteiger partial charge in [0.1, 0.15) is 12.0 Å². The zero-order valence-electron chi connectivity index (χ0n) is 18.3. The number of amides is 1. The summed E-state index contributed by atoms with van der Waals surface area (Å²) in [6.07, 6.45) is 2.51. The van der Waals surface area contributed by atoms with Gasteiger partial charge in [0, 0.05) is 25.0 Å². The average molecular weight is 487 g/mol. The van der Waals surface area contributed by atoms with Crippen LogP contribution in [0.25, 0.3) is 0 Å². The quantitative estimate of drug-likeness (QED) is 0.285. The molecule has 0 radical (unpaired) electrons. The van der Waals surface area contributed by atoms with Crippen molar-refractivity contribution in [3.63, 3.8) is 0 Å². The molecule has 0 saturated carbocycles. The van der Waals surface area contributed by atoms with Crippen LogP contribution in [-0.2, 0) is 10.0 Å². The molecule has 0 unspecified atom stereocenters. The van der Waals surface area contributed by atoms with E-state index in [4.69, 9.17) is 0 Å². The molecule has 0 fully saturated rings. The van der Waals surface area contributed by atoms with Crippen molar-refractivity contribution < 1.29 is 18.1 Å². The number of nitrogens with one attached hydrogen (secondary N) is 3. The SMILES string of the molecule is CCN(CC)S(=O)(=O)c1ccc(Nc2ncnc(NNC(=O)c3ccccn3)c2[N+](=O)[O-])cc1. The molecular weight excluding hydrogens is 464 g/mol. The topological polar surface area (TPSA) is 172 Å². The van der Waals surface area contributed by atoms with Gasteiger partial charge in [0.2, 0.25) is 21.7 Å². The van der Waals surface area contributed by atoms with Crippen LogP contribution in [0.4, 0.5) is 23.0 Å². The highest BCUT2D eigenvalue weighted by molar-refractivity contribution is 7.89. The van der Waals surface area contributed by atoms with Crippen LogP contribution >= 0.6 is 0 Å². The molecule has 3 rings (SSSR count). The number of aromatic nitrogens is 3. The molecule has 1 amide bonds. The molecule has 178 valence electrons. The third-order valence-electron chi connectivity index (χ3n) is 4.66. The number of hydrazine groups is 1. The first-order chi connectivity index (χ1) is 16.3. The largest absolute Gasteiger partial charge is 0.355 e. The molecule has 0 atom stereocenters. The fourth-order valence-electron chi connectivity index (χ4n) is 2.97. The van der Waals surface area contributed by atoms with Crippen molar-refractivity contribution in [1.29, 1.82) is 0 Å². The van der Waals surface area contributed by atoms with E-state index in [-0.39, 0.29) is 22.2 Å². The lowest BCUT2D eigenvalue weighted by Crippen LogP contribution is -2.31. The van der Waals surface area contributed by atoms with Gasteiger partial charge in [0.15, 0.2) is 0 Å². The summed E-state index contributed by atoms with van der Waals surface area (Å²) in [6, 6.07) is 10.5. The Balaban J connectivity index is 1.81. The third kappa shape index (κ3) is 5.41. The van der Waals surface area contributed by atoms with Crippen LogP contribution < -0.4 is 16.2 Å². The maximum Gasteiger partial charge on any atom is 0.355 e. The fourth-order valence-corrected chi connectivity index (χ4v) is 4.43. The van der Waals surface area contributed by atoms with Crippen LogP contribution in [-0.4, -0.2) is 51.6 Å². The Kier molecular flexibility index (Phi) is 7.65. The van der Waals surface area contributed by atoms with E-state index in [9.17, 15) is 23.3 Å². The average Bonchev–Trinajstić information content (AvgIpc) is 2.84. The lowest BCUT2D eigenvalue weighted by atomic mass is 10.3. The smallest absolute Gasteiger partial charge is 0.334 e. The van der Waals surface area contributed by atoms with Crippen LogP contribution in [0.15, 0.2) is 59.9 Å². The molecule has 0 bridgehead atoms. The zero-order valence-corrected chi connectivity index (χ0v) is 19.1. The second kappa shape index (κ2) is 10.6. The van der Waals surface area contributed by atoms with Gasteiger partial charge in [-0.05, 0) is 36.4 Å². The van der Waals surface area contributed by atoms with Crippen molar-refractivity contribution in [2.75, 3.05) is 23.8 Å². The predicted octanol–water partition coefficient (Wildman–Crippen LogP) is 2.31. The fraction of sp³-hybridized carbons (Fsp3) is 0.200.